The molecule has 5 heteroatoms. The zero-order chi connectivity index (χ0) is 12.2. The average Bonchev–Trinajstić information content (AvgIpc) is 2.36. The molecule has 0 fully saturated rings. The second-order valence-corrected chi connectivity index (χ2v) is 3.49. The van der Waals surface area contributed by atoms with Gasteiger partial charge in [-0.25, -0.2) is 10.2 Å². The molecule has 0 saturated carbocycles. The summed E-state index contributed by atoms with van der Waals surface area (Å²) in [6, 6.07) is 7.03. The highest BCUT2D eigenvalue weighted by atomic mass is 16.5. The van der Waals surface area contributed by atoms with Gasteiger partial charge >= 0.3 is 5.97 Å². The molecule has 1 rings (SSSR count). The van der Waals surface area contributed by atoms with Gasteiger partial charge in [-0.3, -0.25) is 5.84 Å². The summed E-state index contributed by atoms with van der Waals surface area (Å²) < 4.78 is 9.74. The molecule has 16 heavy (non-hydrogen) atoms. The lowest BCUT2D eigenvalue weighted by atomic mass is 9.93. The van der Waals surface area contributed by atoms with Crippen LogP contribution in [-0.2, 0) is 15.1 Å². The van der Waals surface area contributed by atoms with Gasteiger partial charge in [0.2, 0.25) is 0 Å². The van der Waals surface area contributed by atoms with E-state index in [-0.39, 0.29) is 0 Å². The van der Waals surface area contributed by atoms with Crippen molar-refractivity contribution in [2.45, 2.75) is 12.5 Å². The number of esters is 1. The SMILES string of the molecule is COC(=O)C(C)(NN)c1ccc(OC)cc1. The zero-order valence-electron chi connectivity index (χ0n) is 9.61. The molecule has 1 aromatic rings. The standard InChI is InChI=1S/C11H16N2O3/c1-11(13-12,10(14)16-3)8-4-6-9(15-2)7-5-8/h4-7,13H,12H2,1-3H3. The molecule has 0 radical (unpaired) electrons. The first-order chi connectivity index (χ1) is 7.58. The Morgan fingerprint density at radius 3 is 2.25 bits per heavy atom. The molecule has 0 aliphatic carbocycles. The van der Waals surface area contributed by atoms with Gasteiger partial charge in [-0.1, -0.05) is 12.1 Å². The maximum absolute atomic E-state index is 11.6. The van der Waals surface area contributed by atoms with Gasteiger partial charge in [-0.2, -0.15) is 0 Å². The number of hydrogen-bond acceptors (Lipinski definition) is 5. The van der Waals surface area contributed by atoms with Crippen molar-refractivity contribution in [3.05, 3.63) is 29.8 Å². The smallest absolute Gasteiger partial charge is 0.331 e. The number of methoxy groups -OCH3 is 2. The van der Waals surface area contributed by atoms with Gasteiger partial charge in [-0.15, -0.1) is 0 Å². The summed E-state index contributed by atoms with van der Waals surface area (Å²) in [7, 11) is 2.90. The molecule has 1 unspecified atom stereocenters. The first-order valence-corrected chi connectivity index (χ1v) is 4.79. The van der Waals surface area contributed by atoms with Crippen LogP contribution in [0, 0.1) is 0 Å². The van der Waals surface area contributed by atoms with Crippen LogP contribution in [0.5, 0.6) is 5.75 Å². The lowest BCUT2D eigenvalue weighted by Gasteiger charge is -2.26. The normalized spacial score (nSPS) is 14.0. The molecule has 0 bridgehead atoms. The molecule has 0 aliphatic heterocycles. The van der Waals surface area contributed by atoms with Crippen LogP contribution in [0.4, 0.5) is 0 Å². The number of hydrogen-bond donors (Lipinski definition) is 2. The lowest BCUT2D eigenvalue weighted by Crippen LogP contribution is -2.50. The third-order valence-electron chi connectivity index (χ3n) is 2.55. The highest BCUT2D eigenvalue weighted by Gasteiger charge is 2.35. The fourth-order valence-corrected chi connectivity index (χ4v) is 1.39. The number of carbonyl (C=O) groups is 1. The minimum absolute atomic E-state index is 0.444. The van der Waals surface area contributed by atoms with E-state index in [0.29, 0.717) is 11.3 Å². The topological polar surface area (TPSA) is 73.6 Å². The third-order valence-corrected chi connectivity index (χ3v) is 2.55. The molecule has 1 aromatic carbocycles. The van der Waals surface area contributed by atoms with E-state index < -0.39 is 11.5 Å². The molecule has 0 aromatic heterocycles. The first kappa shape index (κ1) is 12.5. The van der Waals surface area contributed by atoms with Gasteiger partial charge < -0.3 is 9.47 Å². The first-order valence-electron chi connectivity index (χ1n) is 4.79. The number of hydrazine groups is 1. The van der Waals surface area contributed by atoms with Crippen molar-refractivity contribution in [3.63, 3.8) is 0 Å². The van der Waals surface area contributed by atoms with Gasteiger partial charge in [-0.05, 0) is 24.6 Å². The summed E-state index contributed by atoms with van der Waals surface area (Å²) in [5.41, 5.74) is 2.12. The summed E-state index contributed by atoms with van der Waals surface area (Å²) >= 11 is 0. The van der Waals surface area contributed by atoms with Crippen molar-refractivity contribution < 1.29 is 14.3 Å². The van der Waals surface area contributed by atoms with E-state index >= 15 is 0 Å². The van der Waals surface area contributed by atoms with Gasteiger partial charge in [0.1, 0.15) is 5.75 Å². The Bertz CT molecular complexity index is 364. The van der Waals surface area contributed by atoms with Crippen molar-refractivity contribution in [1.29, 1.82) is 0 Å². The maximum atomic E-state index is 11.6. The Hall–Kier alpha value is -1.59. The summed E-state index contributed by atoms with van der Waals surface area (Å²) in [6.45, 7) is 1.65. The minimum Gasteiger partial charge on any atom is -0.497 e. The van der Waals surface area contributed by atoms with Crippen molar-refractivity contribution >= 4 is 5.97 Å². The second-order valence-electron chi connectivity index (χ2n) is 3.49. The summed E-state index contributed by atoms with van der Waals surface area (Å²) in [6.07, 6.45) is 0. The van der Waals surface area contributed by atoms with Crippen molar-refractivity contribution in [2.24, 2.45) is 5.84 Å². The van der Waals surface area contributed by atoms with Crippen LogP contribution in [0.15, 0.2) is 24.3 Å². The van der Waals surface area contributed by atoms with E-state index in [1.54, 1.807) is 38.3 Å². The highest BCUT2D eigenvalue weighted by molar-refractivity contribution is 5.82. The number of nitrogens with two attached hydrogens (primary N) is 1. The molecule has 0 aliphatic rings. The molecule has 0 heterocycles. The Balaban J connectivity index is 3.07. The van der Waals surface area contributed by atoms with Crippen LogP contribution in [0.3, 0.4) is 0 Å². The average molecular weight is 224 g/mol. The van der Waals surface area contributed by atoms with Crippen molar-refractivity contribution in [3.8, 4) is 5.75 Å². The van der Waals surface area contributed by atoms with Crippen LogP contribution < -0.4 is 16.0 Å². The summed E-state index contributed by atoms with van der Waals surface area (Å²) in [4.78, 5) is 11.6. The van der Waals surface area contributed by atoms with Gasteiger partial charge in [0, 0.05) is 0 Å². The minimum atomic E-state index is -1.05. The number of carbonyl (C=O) groups excluding carboxylic acids is 1. The van der Waals surface area contributed by atoms with Gasteiger partial charge in [0.05, 0.1) is 14.2 Å². The predicted octanol–water partition coefficient (Wildman–Crippen LogP) is 0.547. The molecule has 88 valence electrons. The van der Waals surface area contributed by atoms with E-state index in [4.69, 9.17) is 15.3 Å². The lowest BCUT2D eigenvalue weighted by molar-refractivity contribution is -0.148. The molecular weight excluding hydrogens is 208 g/mol. The number of rotatable bonds is 4. The molecule has 1 atom stereocenters. The zero-order valence-corrected chi connectivity index (χ0v) is 9.61. The molecular formula is C11H16N2O3. The number of nitrogens with one attached hydrogen (secondary N) is 1. The monoisotopic (exact) mass is 224 g/mol. The molecule has 3 N–H and O–H groups in total. The fourth-order valence-electron chi connectivity index (χ4n) is 1.39. The van der Waals surface area contributed by atoms with E-state index in [9.17, 15) is 4.79 Å². The molecule has 0 spiro atoms. The van der Waals surface area contributed by atoms with E-state index in [1.807, 2.05) is 0 Å². The van der Waals surface area contributed by atoms with E-state index in [2.05, 4.69) is 5.43 Å². The van der Waals surface area contributed by atoms with Crippen LogP contribution in [0.25, 0.3) is 0 Å². The Morgan fingerprint density at radius 1 is 1.31 bits per heavy atom. The van der Waals surface area contributed by atoms with Gasteiger partial charge in [0.25, 0.3) is 0 Å². The quantitative estimate of drug-likeness (QED) is 0.444. The molecule has 0 amide bonds. The fraction of sp³-hybridized carbons (Fsp3) is 0.364. The van der Waals surface area contributed by atoms with Crippen LogP contribution in [0.2, 0.25) is 0 Å². The van der Waals surface area contributed by atoms with E-state index in [1.165, 1.54) is 7.11 Å². The summed E-state index contributed by atoms with van der Waals surface area (Å²) in [5, 5.41) is 0. The number of benzene rings is 1. The maximum Gasteiger partial charge on any atom is 0.331 e. The highest BCUT2D eigenvalue weighted by Crippen LogP contribution is 2.23. The van der Waals surface area contributed by atoms with E-state index in [0.717, 1.165) is 0 Å². The van der Waals surface area contributed by atoms with Crippen LogP contribution >= 0.6 is 0 Å². The van der Waals surface area contributed by atoms with Gasteiger partial charge in [0.15, 0.2) is 5.54 Å². The predicted molar refractivity (Wildman–Crippen MR) is 59.7 cm³/mol. The van der Waals surface area contributed by atoms with Crippen molar-refractivity contribution in [2.75, 3.05) is 14.2 Å². The summed E-state index contributed by atoms with van der Waals surface area (Å²) in [5.74, 6) is 5.68. The second kappa shape index (κ2) is 4.96. The van der Waals surface area contributed by atoms with Crippen LogP contribution in [0.1, 0.15) is 12.5 Å². The largest absolute Gasteiger partial charge is 0.497 e. The number of ether oxygens (including phenoxy) is 2. The van der Waals surface area contributed by atoms with Crippen LogP contribution in [-0.4, -0.2) is 20.2 Å². The third kappa shape index (κ3) is 2.15. The molecule has 0 saturated heterocycles. The Labute approximate surface area is 94.5 Å². The Morgan fingerprint density at radius 2 is 1.88 bits per heavy atom. The van der Waals surface area contributed by atoms with Crippen molar-refractivity contribution in [1.82, 2.24) is 5.43 Å². The molecule has 5 nitrogen and oxygen atoms in total. The Kier molecular flexibility index (Phi) is 3.87.